The quantitative estimate of drug-likeness (QED) is 0.490. The summed E-state index contributed by atoms with van der Waals surface area (Å²) in [6.45, 7) is 0. The Balaban J connectivity index is 2.40. The van der Waals surface area contributed by atoms with Crippen LogP contribution in [0.5, 0.6) is 5.88 Å². The number of hydrogen-bond donors (Lipinski definition) is 0. The highest BCUT2D eigenvalue weighted by Gasteiger charge is 2.24. The molecule has 0 aliphatic carbocycles. The highest BCUT2D eigenvalue weighted by Crippen LogP contribution is 2.22. The molecular weight excluding hydrogens is 304 g/mol. The van der Waals surface area contributed by atoms with E-state index in [4.69, 9.17) is 4.74 Å². The third-order valence-corrected chi connectivity index (χ3v) is 2.90. The zero-order valence-electron chi connectivity index (χ0n) is 9.41. The van der Waals surface area contributed by atoms with Crippen molar-refractivity contribution in [3.05, 3.63) is 39.9 Å². The Morgan fingerprint density at radius 1 is 1.39 bits per heavy atom. The molecule has 0 fully saturated rings. The highest BCUT2D eigenvalue weighted by molar-refractivity contribution is 9.08. The Morgan fingerprint density at radius 3 is 2.50 bits per heavy atom. The molecule has 0 saturated carbocycles. The Labute approximate surface area is 111 Å². The predicted molar refractivity (Wildman–Crippen MR) is 67.2 cm³/mol. The summed E-state index contributed by atoms with van der Waals surface area (Å²) in [5, 5.41) is 19.2. The van der Waals surface area contributed by atoms with Gasteiger partial charge in [0.05, 0.1) is 12.2 Å². The lowest BCUT2D eigenvalue weighted by Gasteiger charge is -1.96. The van der Waals surface area contributed by atoms with Crippen molar-refractivity contribution in [2.45, 2.75) is 5.33 Å². The van der Waals surface area contributed by atoms with Crippen LogP contribution < -0.4 is 4.74 Å². The number of methoxy groups -OCH3 is 1. The van der Waals surface area contributed by atoms with Gasteiger partial charge in [0.25, 0.3) is 0 Å². The molecule has 0 spiro atoms. The number of aromatic nitrogens is 3. The first-order valence-electron chi connectivity index (χ1n) is 4.96. The lowest BCUT2D eigenvalue weighted by molar-refractivity contribution is -0.390. The number of alkyl halides is 1. The van der Waals surface area contributed by atoms with Gasteiger partial charge in [-0.05, 0) is 22.6 Å². The highest BCUT2D eigenvalue weighted by atomic mass is 79.9. The van der Waals surface area contributed by atoms with Crippen LogP contribution in [0.15, 0.2) is 24.3 Å². The molecule has 0 atom stereocenters. The third-order valence-electron chi connectivity index (χ3n) is 2.25. The Hall–Kier alpha value is -1.96. The fraction of sp³-hybridized carbons (Fsp3) is 0.200. The molecule has 0 saturated heterocycles. The summed E-state index contributed by atoms with van der Waals surface area (Å²) in [6, 6.07) is 7.32. The first kappa shape index (κ1) is 12.5. The number of hydrogen-bond acceptors (Lipinski definition) is 5. The van der Waals surface area contributed by atoms with Gasteiger partial charge < -0.3 is 14.9 Å². The van der Waals surface area contributed by atoms with Crippen molar-refractivity contribution in [1.82, 2.24) is 15.0 Å². The van der Waals surface area contributed by atoms with Gasteiger partial charge in [0.1, 0.15) is 5.69 Å². The van der Waals surface area contributed by atoms with Gasteiger partial charge in [-0.3, -0.25) is 0 Å². The zero-order valence-corrected chi connectivity index (χ0v) is 11.0. The molecule has 2 rings (SSSR count). The summed E-state index contributed by atoms with van der Waals surface area (Å²) in [5.41, 5.74) is 1.72. The van der Waals surface area contributed by atoms with E-state index in [0.717, 1.165) is 10.9 Å². The molecule has 0 amide bonds. The van der Waals surface area contributed by atoms with Crippen LogP contribution in [-0.4, -0.2) is 27.0 Å². The minimum atomic E-state index is -0.630. The lowest BCUT2D eigenvalue weighted by atomic mass is 10.2. The van der Waals surface area contributed by atoms with Crippen molar-refractivity contribution in [3.8, 4) is 11.6 Å². The van der Waals surface area contributed by atoms with Crippen LogP contribution in [0, 0.1) is 10.1 Å². The standard InChI is InChI=1S/C10H9BrN4O3/c1-18-10-9(15(16)17)12-14(13-10)8-4-2-7(6-11)3-5-8/h2-5H,6H2,1H3. The topological polar surface area (TPSA) is 83.1 Å². The number of rotatable bonds is 4. The molecule has 0 N–H and O–H groups in total. The van der Waals surface area contributed by atoms with Crippen LogP contribution in [0.25, 0.3) is 5.69 Å². The van der Waals surface area contributed by atoms with Gasteiger partial charge in [-0.2, -0.15) is 0 Å². The third kappa shape index (κ3) is 2.33. The van der Waals surface area contributed by atoms with Gasteiger partial charge >= 0.3 is 11.7 Å². The number of benzene rings is 1. The van der Waals surface area contributed by atoms with E-state index in [-0.39, 0.29) is 5.88 Å². The van der Waals surface area contributed by atoms with Crippen molar-refractivity contribution >= 4 is 21.7 Å². The van der Waals surface area contributed by atoms with E-state index in [2.05, 4.69) is 26.1 Å². The molecule has 0 radical (unpaired) electrons. The second-order valence-electron chi connectivity index (χ2n) is 3.38. The fourth-order valence-corrected chi connectivity index (χ4v) is 1.74. The second kappa shape index (κ2) is 5.13. The Morgan fingerprint density at radius 2 is 2.06 bits per heavy atom. The van der Waals surface area contributed by atoms with Crippen LogP contribution >= 0.6 is 15.9 Å². The Bertz CT molecular complexity index is 567. The van der Waals surface area contributed by atoms with Gasteiger partial charge in [0.2, 0.25) is 0 Å². The maximum Gasteiger partial charge on any atom is 0.454 e. The van der Waals surface area contributed by atoms with Crippen LogP contribution in [0.2, 0.25) is 0 Å². The summed E-state index contributed by atoms with van der Waals surface area (Å²) >= 11 is 3.34. The van der Waals surface area contributed by atoms with Gasteiger partial charge in [0.15, 0.2) is 0 Å². The van der Waals surface area contributed by atoms with Crippen molar-refractivity contribution in [1.29, 1.82) is 0 Å². The van der Waals surface area contributed by atoms with Crippen molar-refractivity contribution in [3.63, 3.8) is 0 Å². The molecular formula is C10H9BrN4O3. The van der Waals surface area contributed by atoms with Crippen molar-refractivity contribution < 1.29 is 9.66 Å². The van der Waals surface area contributed by atoms with E-state index in [0.29, 0.717) is 5.69 Å². The van der Waals surface area contributed by atoms with Gasteiger partial charge in [0, 0.05) is 5.33 Å². The first-order valence-corrected chi connectivity index (χ1v) is 6.09. The lowest BCUT2D eigenvalue weighted by Crippen LogP contribution is -1.99. The second-order valence-corrected chi connectivity index (χ2v) is 3.94. The molecule has 1 aromatic heterocycles. The molecule has 1 aromatic carbocycles. The van der Waals surface area contributed by atoms with Crippen LogP contribution in [0.1, 0.15) is 5.56 Å². The minimum Gasteiger partial charge on any atom is -0.474 e. The van der Waals surface area contributed by atoms with E-state index < -0.39 is 10.7 Å². The van der Waals surface area contributed by atoms with Gasteiger partial charge in [-0.15, -0.1) is 0 Å². The Kier molecular flexibility index (Phi) is 3.56. The summed E-state index contributed by atoms with van der Waals surface area (Å²) in [5.74, 6) is -0.508. The average Bonchev–Trinajstić information content (AvgIpc) is 2.83. The number of nitro groups is 1. The van der Waals surface area contributed by atoms with Gasteiger partial charge in [-0.25, -0.2) is 0 Å². The normalized spacial score (nSPS) is 10.3. The van der Waals surface area contributed by atoms with E-state index in [1.54, 1.807) is 12.1 Å². The van der Waals surface area contributed by atoms with Crippen LogP contribution in [-0.2, 0) is 5.33 Å². The number of halogens is 1. The number of ether oxygens (including phenoxy) is 1. The minimum absolute atomic E-state index is 0.107. The molecule has 8 heteroatoms. The predicted octanol–water partition coefficient (Wildman–Crippen LogP) is 2.08. The monoisotopic (exact) mass is 312 g/mol. The largest absolute Gasteiger partial charge is 0.474 e. The van der Waals surface area contributed by atoms with Crippen molar-refractivity contribution in [2.24, 2.45) is 0 Å². The zero-order chi connectivity index (χ0) is 13.1. The fourth-order valence-electron chi connectivity index (χ4n) is 1.37. The molecule has 0 aliphatic heterocycles. The van der Waals surface area contributed by atoms with E-state index >= 15 is 0 Å². The molecule has 0 unspecified atom stereocenters. The smallest absolute Gasteiger partial charge is 0.454 e. The van der Waals surface area contributed by atoms with Crippen molar-refractivity contribution in [2.75, 3.05) is 7.11 Å². The average molecular weight is 313 g/mol. The van der Waals surface area contributed by atoms with E-state index in [9.17, 15) is 10.1 Å². The summed E-state index contributed by atoms with van der Waals surface area (Å²) in [4.78, 5) is 11.3. The summed E-state index contributed by atoms with van der Waals surface area (Å²) in [7, 11) is 1.31. The molecule has 0 aliphatic rings. The van der Waals surface area contributed by atoms with E-state index in [1.165, 1.54) is 11.9 Å². The molecule has 7 nitrogen and oxygen atoms in total. The summed E-state index contributed by atoms with van der Waals surface area (Å²) < 4.78 is 4.81. The molecule has 18 heavy (non-hydrogen) atoms. The molecule has 94 valence electrons. The SMILES string of the molecule is COc1nn(-c2ccc(CBr)cc2)nc1[N+](=O)[O-]. The maximum absolute atomic E-state index is 10.7. The summed E-state index contributed by atoms with van der Waals surface area (Å²) in [6.07, 6.45) is 0. The maximum atomic E-state index is 10.7. The molecule has 2 aromatic rings. The number of nitrogens with zero attached hydrogens (tertiary/aromatic N) is 4. The van der Waals surface area contributed by atoms with E-state index in [1.807, 2.05) is 12.1 Å². The van der Waals surface area contributed by atoms with Crippen LogP contribution in [0.3, 0.4) is 0 Å². The molecule has 0 bridgehead atoms. The van der Waals surface area contributed by atoms with Crippen LogP contribution in [0.4, 0.5) is 5.82 Å². The molecule has 1 heterocycles. The first-order chi connectivity index (χ1) is 8.65. The van der Waals surface area contributed by atoms with Gasteiger partial charge in [-0.1, -0.05) is 38.0 Å².